The zero-order valence-corrected chi connectivity index (χ0v) is 17.1. The number of aryl methyl sites for hydroxylation is 1. The highest BCUT2D eigenvalue weighted by molar-refractivity contribution is 5.73. The lowest BCUT2D eigenvalue weighted by Crippen LogP contribution is -2.13. The summed E-state index contributed by atoms with van der Waals surface area (Å²) in [4.78, 5) is 1.49. The minimum Gasteiger partial charge on any atom is -0.508 e. The van der Waals surface area contributed by atoms with Crippen LogP contribution < -0.4 is 0 Å². The van der Waals surface area contributed by atoms with Gasteiger partial charge in [0.15, 0.2) is 0 Å². The first-order chi connectivity index (χ1) is 13.7. The van der Waals surface area contributed by atoms with E-state index in [2.05, 4.69) is 31.0 Å². The molecule has 4 rings (SSSR count). The first kappa shape index (κ1) is 19.0. The van der Waals surface area contributed by atoms with Crippen LogP contribution in [0.2, 0.25) is 0 Å². The van der Waals surface area contributed by atoms with Crippen molar-refractivity contribution in [2.45, 2.75) is 39.5 Å². The molecule has 3 aromatic carbocycles. The van der Waals surface area contributed by atoms with E-state index in [-0.39, 0.29) is 16.9 Å². The number of benzene rings is 3. The Hall–Kier alpha value is -3.34. The standard InChI is InChI=1S/C24H25N3O2/c1-15-9-10-22(28)16(11-15)12-17-13-18(24(2,3)4)14-21(23(17)29)27-25-19-7-5-6-8-20(19)26-27/h5-11,13-14,28-29H,12H2,1-4H3. The second kappa shape index (κ2) is 6.92. The zero-order chi connectivity index (χ0) is 20.8. The number of aromatic hydroxyl groups is 2. The lowest BCUT2D eigenvalue weighted by atomic mass is 9.84. The van der Waals surface area contributed by atoms with Crippen LogP contribution >= 0.6 is 0 Å². The smallest absolute Gasteiger partial charge is 0.146 e. The summed E-state index contributed by atoms with van der Waals surface area (Å²) in [6.45, 7) is 8.37. The van der Waals surface area contributed by atoms with Crippen molar-refractivity contribution in [2.75, 3.05) is 0 Å². The molecule has 0 atom stereocenters. The Bertz CT molecular complexity index is 1170. The van der Waals surface area contributed by atoms with E-state index in [1.165, 1.54) is 4.80 Å². The molecule has 0 amide bonds. The number of hydrogen-bond donors (Lipinski definition) is 2. The summed E-state index contributed by atoms with van der Waals surface area (Å²) in [6.07, 6.45) is 0.414. The molecule has 0 aliphatic rings. The van der Waals surface area contributed by atoms with Crippen LogP contribution in [0.25, 0.3) is 16.7 Å². The number of aromatic nitrogens is 3. The summed E-state index contributed by atoms with van der Waals surface area (Å²) in [5.41, 5.74) is 5.58. The molecular weight excluding hydrogens is 362 g/mol. The normalized spacial score (nSPS) is 11.9. The Morgan fingerprint density at radius 3 is 2.14 bits per heavy atom. The average Bonchev–Trinajstić information content (AvgIpc) is 3.09. The summed E-state index contributed by atoms with van der Waals surface area (Å²) >= 11 is 0. The van der Waals surface area contributed by atoms with Crippen LogP contribution in [0.3, 0.4) is 0 Å². The zero-order valence-electron chi connectivity index (χ0n) is 17.1. The lowest BCUT2D eigenvalue weighted by molar-refractivity contribution is 0.456. The summed E-state index contributed by atoms with van der Waals surface area (Å²) in [5, 5.41) is 30.5. The molecule has 1 aromatic heterocycles. The molecule has 0 saturated heterocycles. The topological polar surface area (TPSA) is 71.2 Å². The molecule has 0 aliphatic carbocycles. The van der Waals surface area contributed by atoms with Crippen LogP contribution in [-0.2, 0) is 11.8 Å². The van der Waals surface area contributed by atoms with Crippen LogP contribution in [0, 0.1) is 6.92 Å². The fraction of sp³-hybridized carbons (Fsp3) is 0.250. The Balaban J connectivity index is 1.89. The molecular formula is C24H25N3O2. The molecule has 0 unspecified atom stereocenters. The molecule has 0 bridgehead atoms. The Morgan fingerprint density at radius 2 is 1.52 bits per heavy atom. The average molecular weight is 387 g/mol. The first-order valence-electron chi connectivity index (χ1n) is 9.70. The van der Waals surface area contributed by atoms with E-state index in [0.29, 0.717) is 12.1 Å². The van der Waals surface area contributed by atoms with E-state index in [0.717, 1.165) is 33.3 Å². The SMILES string of the molecule is Cc1ccc(O)c(Cc2cc(C(C)(C)C)cc(-n3nc4ccccc4n3)c2O)c1. The summed E-state index contributed by atoms with van der Waals surface area (Å²) in [5.74, 6) is 0.347. The maximum absolute atomic E-state index is 11.1. The van der Waals surface area contributed by atoms with Crippen molar-refractivity contribution in [3.05, 3.63) is 76.9 Å². The summed E-state index contributed by atoms with van der Waals surface area (Å²) < 4.78 is 0. The number of rotatable bonds is 3. The van der Waals surface area contributed by atoms with Gasteiger partial charge in [0.25, 0.3) is 0 Å². The third-order valence-corrected chi connectivity index (χ3v) is 5.15. The Kier molecular flexibility index (Phi) is 4.53. The van der Waals surface area contributed by atoms with Crippen LogP contribution in [0.4, 0.5) is 0 Å². The van der Waals surface area contributed by atoms with Gasteiger partial charge in [0.2, 0.25) is 0 Å². The molecule has 5 nitrogen and oxygen atoms in total. The van der Waals surface area contributed by atoms with Gasteiger partial charge < -0.3 is 10.2 Å². The minimum absolute atomic E-state index is 0.124. The van der Waals surface area contributed by atoms with Crippen molar-refractivity contribution in [2.24, 2.45) is 0 Å². The molecule has 0 aliphatic heterocycles. The highest BCUT2D eigenvalue weighted by Gasteiger charge is 2.21. The molecule has 2 N–H and O–H groups in total. The maximum atomic E-state index is 11.1. The highest BCUT2D eigenvalue weighted by Crippen LogP contribution is 2.35. The van der Waals surface area contributed by atoms with E-state index in [4.69, 9.17) is 0 Å². The summed E-state index contributed by atoms with van der Waals surface area (Å²) in [7, 11) is 0. The lowest BCUT2D eigenvalue weighted by Gasteiger charge is -2.22. The minimum atomic E-state index is -0.127. The molecule has 0 fully saturated rings. The van der Waals surface area contributed by atoms with E-state index >= 15 is 0 Å². The maximum Gasteiger partial charge on any atom is 0.146 e. The van der Waals surface area contributed by atoms with Gasteiger partial charge in [0.05, 0.1) is 0 Å². The van der Waals surface area contributed by atoms with Crippen LogP contribution in [0.15, 0.2) is 54.6 Å². The molecule has 29 heavy (non-hydrogen) atoms. The Morgan fingerprint density at radius 1 is 0.862 bits per heavy atom. The Labute approximate surface area is 170 Å². The van der Waals surface area contributed by atoms with Gasteiger partial charge in [-0.25, -0.2) is 0 Å². The molecule has 148 valence electrons. The number of hydrogen-bond acceptors (Lipinski definition) is 4. The quantitative estimate of drug-likeness (QED) is 0.517. The van der Waals surface area contributed by atoms with E-state index in [1.807, 2.05) is 55.5 Å². The molecule has 0 saturated carbocycles. The number of phenols is 2. The molecule has 0 spiro atoms. The van der Waals surface area contributed by atoms with Crippen LogP contribution in [-0.4, -0.2) is 25.2 Å². The van der Waals surface area contributed by atoms with E-state index in [1.54, 1.807) is 6.07 Å². The third-order valence-electron chi connectivity index (χ3n) is 5.15. The van der Waals surface area contributed by atoms with Gasteiger partial charge in [-0.2, -0.15) is 0 Å². The van der Waals surface area contributed by atoms with Crippen molar-refractivity contribution in [1.29, 1.82) is 0 Å². The predicted molar refractivity (Wildman–Crippen MR) is 115 cm³/mol. The second-order valence-electron chi connectivity index (χ2n) is 8.54. The van der Waals surface area contributed by atoms with E-state index in [9.17, 15) is 10.2 Å². The molecule has 1 heterocycles. The fourth-order valence-corrected chi connectivity index (χ4v) is 3.43. The van der Waals surface area contributed by atoms with Crippen LogP contribution in [0.1, 0.15) is 43.0 Å². The number of nitrogens with zero attached hydrogens (tertiary/aromatic N) is 3. The van der Waals surface area contributed by atoms with Crippen molar-refractivity contribution in [3.8, 4) is 17.2 Å². The van der Waals surface area contributed by atoms with Gasteiger partial charge in [-0.3, -0.25) is 0 Å². The van der Waals surface area contributed by atoms with Crippen molar-refractivity contribution in [1.82, 2.24) is 15.0 Å². The van der Waals surface area contributed by atoms with Crippen molar-refractivity contribution >= 4 is 11.0 Å². The number of fused-ring (bicyclic) bond motifs is 1. The summed E-state index contributed by atoms with van der Waals surface area (Å²) in [6, 6.07) is 17.1. The molecule has 0 radical (unpaired) electrons. The van der Waals surface area contributed by atoms with Gasteiger partial charge in [-0.1, -0.05) is 56.7 Å². The highest BCUT2D eigenvalue weighted by atomic mass is 16.3. The monoisotopic (exact) mass is 387 g/mol. The van der Waals surface area contributed by atoms with Gasteiger partial charge in [-0.05, 0) is 47.7 Å². The van der Waals surface area contributed by atoms with Crippen LogP contribution in [0.5, 0.6) is 11.5 Å². The number of phenolic OH excluding ortho intramolecular Hbond substituents is 2. The van der Waals surface area contributed by atoms with Gasteiger partial charge in [0.1, 0.15) is 28.2 Å². The van der Waals surface area contributed by atoms with E-state index < -0.39 is 0 Å². The van der Waals surface area contributed by atoms with Gasteiger partial charge in [-0.15, -0.1) is 15.0 Å². The van der Waals surface area contributed by atoms with Crippen molar-refractivity contribution in [3.63, 3.8) is 0 Å². The van der Waals surface area contributed by atoms with Gasteiger partial charge >= 0.3 is 0 Å². The third kappa shape index (κ3) is 3.68. The second-order valence-corrected chi connectivity index (χ2v) is 8.54. The van der Waals surface area contributed by atoms with Crippen molar-refractivity contribution < 1.29 is 10.2 Å². The largest absolute Gasteiger partial charge is 0.508 e. The first-order valence-corrected chi connectivity index (χ1v) is 9.70. The predicted octanol–water partition coefficient (Wildman–Crippen LogP) is 5.03. The molecule has 5 heteroatoms. The van der Waals surface area contributed by atoms with Gasteiger partial charge in [0, 0.05) is 12.0 Å². The fourth-order valence-electron chi connectivity index (χ4n) is 3.43. The molecule has 4 aromatic rings.